The number of imidazole rings is 1. The fourth-order valence-electron chi connectivity index (χ4n) is 3.84. The second kappa shape index (κ2) is 11.3. The number of piperazine rings is 1. The molecule has 0 spiro atoms. The minimum Gasteiger partial charge on any atom is -0.478 e. The van der Waals surface area contributed by atoms with Gasteiger partial charge in [0.15, 0.2) is 5.69 Å². The van der Waals surface area contributed by atoms with E-state index in [1.807, 2.05) is 49.8 Å². The standard InChI is InChI=1S/C25H28N6O3/c1-3-33-24-21(5-4-10-28-24)18-34-25(32)30-13-11-29(12-14-30)17-23-15-27-19-31(23)16-20-6-8-22(26-2)9-7-20/h4-10,15,19H,3,11-14,16-18H2,1H3. The number of hydrogen-bond acceptors (Lipinski definition) is 6. The smallest absolute Gasteiger partial charge is 0.410 e. The van der Waals surface area contributed by atoms with Gasteiger partial charge < -0.3 is 18.9 Å². The van der Waals surface area contributed by atoms with Crippen LogP contribution in [-0.4, -0.2) is 63.2 Å². The molecule has 0 N–H and O–H groups in total. The summed E-state index contributed by atoms with van der Waals surface area (Å²) < 4.78 is 13.1. The number of pyridine rings is 1. The number of hydrogen-bond donors (Lipinski definition) is 0. The van der Waals surface area contributed by atoms with Crippen LogP contribution in [0, 0.1) is 6.57 Å². The van der Waals surface area contributed by atoms with Crippen molar-refractivity contribution >= 4 is 11.8 Å². The Bertz CT molecular complexity index is 1130. The van der Waals surface area contributed by atoms with Gasteiger partial charge in [-0.15, -0.1) is 0 Å². The van der Waals surface area contributed by atoms with E-state index in [1.54, 1.807) is 17.2 Å². The van der Waals surface area contributed by atoms with Crippen LogP contribution in [0.25, 0.3) is 4.85 Å². The molecule has 0 atom stereocenters. The van der Waals surface area contributed by atoms with Crippen LogP contribution in [-0.2, 0) is 24.4 Å². The summed E-state index contributed by atoms with van der Waals surface area (Å²) in [5.74, 6) is 0.501. The number of benzene rings is 1. The molecule has 1 amide bonds. The van der Waals surface area contributed by atoms with E-state index in [0.29, 0.717) is 37.8 Å². The predicted molar refractivity (Wildman–Crippen MR) is 126 cm³/mol. The summed E-state index contributed by atoms with van der Waals surface area (Å²) in [6.07, 6.45) is 5.06. The average Bonchev–Trinajstić information content (AvgIpc) is 3.30. The lowest BCUT2D eigenvalue weighted by molar-refractivity contribution is 0.0689. The Morgan fingerprint density at radius 1 is 1.12 bits per heavy atom. The maximum Gasteiger partial charge on any atom is 0.410 e. The molecule has 0 saturated carbocycles. The Balaban J connectivity index is 1.26. The molecule has 0 aliphatic carbocycles. The van der Waals surface area contributed by atoms with Crippen LogP contribution in [0.5, 0.6) is 5.88 Å². The predicted octanol–water partition coefficient (Wildman–Crippen LogP) is 3.73. The van der Waals surface area contributed by atoms with Crippen LogP contribution >= 0.6 is 0 Å². The first-order valence-corrected chi connectivity index (χ1v) is 11.3. The molecule has 1 aliphatic rings. The minimum atomic E-state index is -0.321. The lowest BCUT2D eigenvalue weighted by Crippen LogP contribution is -2.48. The van der Waals surface area contributed by atoms with Gasteiger partial charge in [0.05, 0.1) is 30.8 Å². The van der Waals surface area contributed by atoms with Gasteiger partial charge >= 0.3 is 6.09 Å². The fourth-order valence-corrected chi connectivity index (χ4v) is 3.84. The van der Waals surface area contributed by atoms with E-state index >= 15 is 0 Å². The van der Waals surface area contributed by atoms with Crippen molar-refractivity contribution in [3.8, 4) is 5.88 Å². The first-order chi connectivity index (χ1) is 16.7. The number of amides is 1. The second-order valence-corrected chi connectivity index (χ2v) is 8.01. The van der Waals surface area contributed by atoms with Crippen LogP contribution in [0.2, 0.25) is 0 Å². The van der Waals surface area contributed by atoms with E-state index in [-0.39, 0.29) is 12.7 Å². The number of rotatable bonds is 8. The van der Waals surface area contributed by atoms with Gasteiger partial charge in [-0.3, -0.25) is 4.90 Å². The van der Waals surface area contributed by atoms with Crippen LogP contribution in [0.3, 0.4) is 0 Å². The number of carbonyl (C=O) groups is 1. The summed E-state index contributed by atoms with van der Waals surface area (Å²) in [6, 6.07) is 11.3. The molecule has 9 nitrogen and oxygen atoms in total. The summed E-state index contributed by atoms with van der Waals surface area (Å²) in [5.41, 5.74) is 3.64. The van der Waals surface area contributed by atoms with Gasteiger partial charge in [0, 0.05) is 51.7 Å². The van der Waals surface area contributed by atoms with Crippen molar-refractivity contribution in [2.45, 2.75) is 26.6 Å². The summed E-state index contributed by atoms with van der Waals surface area (Å²) in [6.45, 7) is 13.8. The monoisotopic (exact) mass is 460 g/mol. The SMILES string of the molecule is [C-]#[N+]c1ccc(Cn2cncc2CN2CCN(C(=O)OCc3cccnc3OCC)CC2)cc1. The van der Waals surface area contributed by atoms with Crippen molar-refractivity contribution in [2.24, 2.45) is 0 Å². The molecule has 1 aromatic carbocycles. The molecule has 1 saturated heterocycles. The summed E-state index contributed by atoms with van der Waals surface area (Å²) in [7, 11) is 0. The minimum absolute atomic E-state index is 0.137. The van der Waals surface area contributed by atoms with Crippen molar-refractivity contribution in [2.75, 3.05) is 32.8 Å². The van der Waals surface area contributed by atoms with Gasteiger partial charge in [-0.25, -0.2) is 19.6 Å². The van der Waals surface area contributed by atoms with Crippen LogP contribution in [0.15, 0.2) is 55.1 Å². The van der Waals surface area contributed by atoms with Gasteiger partial charge in [0.2, 0.25) is 5.88 Å². The third-order valence-corrected chi connectivity index (χ3v) is 5.72. The second-order valence-electron chi connectivity index (χ2n) is 8.01. The number of aromatic nitrogens is 3. The molecule has 34 heavy (non-hydrogen) atoms. The Hall–Kier alpha value is -3.90. The van der Waals surface area contributed by atoms with Crippen LogP contribution in [0.4, 0.5) is 10.5 Å². The third-order valence-electron chi connectivity index (χ3n) is 5.72. The molecule has 0 radical (unpaired) electrons. The number of ether oxygens (including phenoxy) is 2. The third kappa shape index (κ3) is 5.91. The molecule has 0 bridgehead atoms. The van der Waals surface area contributed by atoms with E-state index in [4.69, 9.17) is 16.0 Å². The summed E-state index contributed by atoms with van der Waals surface area (Å²) in [5, 5.41) is 0. The highest BCUT2D eigenvalue weighted by Gasteiger charge is 2.23. The van der Waals surface area contributed by atoms with Crippen LogP contribution < -0.4 is 4.74 Å². The Kier molecular flexibility index (Phi) is 7.73. The van der Waals surface area contributed by atoms with Crippen molar-refractivity contribution < 1.29 is 14.3 Å². The Labute approximate surface area is 199 Å². The molecule has 3 aromatic rings. The molecule has 1 fully saturated rings. The first kappa shape index (κ1) is 23.3. The summed E-state index contributed by atoms with van der Waals surface area (Å²) >= 11 is 0. The molecule has 4 rings (SSSR count). The zero-order valence-electron chi connectivity index (χ0n) is 19.3. The molecule has 0 unspecified atom stereocenters. The summed E-state index contributed by atoms with van der Waals surface area (Å²) in [4.78, 5) is 28.6. The van der Waals surface area contributed by atoms with E-state index in [2.05, 4.69) is 24.3 Å². The van der Waals surface area contributed by atoms with Crippen molar-refractivity contribution in [3.05, 3.63) is 83.4 Å². The molecule has 1 aliphatic heterocycles. The Morgan fingerprint density at radius 3 is 2.65 bits per heavy atom. The zero-order chi connectivity index (χ0) is 23.8. The quantitative estimate of drug-likeness (QED) is 0.477. The normalized spacial score (nSPS) is 13.9. The van der Waals surface area contributed by atoms with E-state index in [9.17, 15) is 4.79 Å². The maximum absolute atomic E-state index is 12.6. The maximum atomic E-state index is 12.6. The first-order valence-electron chi connectivity index (χ1n) is 11.3. The van der Waals surface area contributed by atoms with Gasteiger partial charge in [-0.05, 0) is 24.6 Å². The van der Waals surface area contributed by atoms with Gasteiger partial charge in [-0.2, -0.15) is 0 Å². The highest BCUT2D eigenvalue weighted by molar-refractivity contribution is 5.67. The Morgan fingerprint density at radius 2 is 1.91 bits per heavy atom. The molecule has 9 heteroatoms. The molecule has 2 aromatic heterocycles. The molecule has 3 heterocycles. The van der Waals surface area contributed by atoms with Crippen molar-refractivity contribution in [3.63, 3.8) is 0 Å². The van der Waals surface area contributed by atoms with E-state index in [1.165, 1.54) is 0 Å². The van der Waals surface area contributed by atoms with Crippen molar-refractivity contribution in [1.29, 1.82) is 0 Å². The van der Waals surface area contributed by atoms with E-state index < -0.39 is 0 Å². The average molecular weight is 461 g/mol. The van der Waals surface area contributed by atoms with E-state index in [0.717, 1.165) is 36.5 Å². The number of carbonyl (C=O) groups excluding carboxylic acids is 1. The highest BCUT2D eigenvalue weighted by Crippen LogP contribution is 2.17. The largest absolute Gasteiger partial charge is 0.478 e. The lowest BCUT2D eigenvalue weighted by Gasteiger charge is -2.34. The molecular formula is C25H28N6O3. The number of nitrogens with zero attached hydrogens (tertiary/aromatic N) is 6. The van der Waals surface area contributed by atoms with Gasteiger partial charge in [0.25, 0.3) is 0 Å². The zero-order valence-corrected chi connectivity index (χ0v) is 19.3. The molecule has 176 valence electrons. The fraction of sp³-hybridized carbons (Fsp3) is 0.360. The lowest BCUT2D eigenvalue weighted by atomic mass is 10.2. The van der Waals surface area contributed by atoms with Gasteiger partial charge in [-0.1, -0.05) is 24.3 Å². The van der Waals surface area contributed by atoms with Crippen molar-refractivity contribution in [1.82, 2.24) is 24.3 Å². The van der Waals surface area contributed by atoms with Gasteiger partial charge in [0.1, 0.15) is 6.61 Å². The highest BCUT2D eigenvalue weighted by atomic mass is 16.6. The molecular weight excluding hydrogens is 432 g/mol. The van der Waals surface area contributed by atoms with Crippen LogP contribution in [0.1, 0.15) is 23.7 Å². The topological polar surface area (TPSA) is 77.1 Å².